The van der Waals surface area contributed by atoms with Gasteiger partial charge < -0.3 is 10.1 Å². The lowest BCUT2D eigenvalue weighted by Gasteiger charge is -2.23. The van der Waals surface area contributed by atoms with E-state index in [4.69, 9.17) is 4.74 Å². The molecular weight excluding hydrogens is 431 g/mol. The van der Waals surface area contributed by atoms with Gasteiger partial charge in [0.2, 0.25) is 5.91 Å². The number of anilines is 2. The molecule has 0 aliphatic heterocycles. The molecule has 0 saturated heterocycles. The van der Waals surface area contributed by atoms with Gasteiger partial charge in [-0.2, -0.15) is 0 Å². The lowest BCUT2D eigenvalue weighted by atomic mass is 10.2. The number of hydrogen-bond donors (Lipinski definition) is 1. The number of rotatable bonds is 8. The van der Waals surface area contributed by atoms with Crippen LogP contribution in [-0.4, -0.2) is 28.0 Å². The van der Waals surface area contributed by atoms with Gasteiger partial charge in [0.25, 0.3) is 10.0 Å². The van der Waals surface area contributed by atoms with E-state index in [1.165, 1.54) is 53.9 Å². The van der Waals surface area contributed by atoms with Crippen molar-refractivity contribution < 1.29 is 22.3 Å². The summed E-state index contributed by atoms with van der Waals surface area (Å²) < 4.78 is 46.8. The van der Waals surface area contributed by atoms with Crippen LogP contribution >= 0.6 is 0 Å². The predicted molar refractivity (Wildman–Crippen MR) is 124 cm³/mol. The fraction of sp³-hybridized carbons (Fsp3) is 0.125. The molecule has 0 bridgehead atoms. The number of nitrogens with zero attached hydrogens (tertiary/aromatic N) is 1. The highest BCUT2D eigenvalue weighted by Gasteiger charge is 2.25. The SMILES string of the molecule is CCN(c1ccccc1)S(=O)(=O)c1ccc(OC)c(NC(=O)/C=C/c2ccccc2F)c1. The predicted octanol–water partition coefficient (Wildman–Crippen LogP) is 4.70. The number of ether oxygens (including phenoxy) is 1. The Morgan fingerprint density at radius 1 is 1.06 bits per heavy atom. The second kappa shape index (κ2) is 10.1. The fourth-order valence-electron chi connectivity index (χ4n) is 3.11. The molecule has 6 nitrogen and oxygen atoms in total. The first-order chi connectivity index (χ1) is 15.4. The van der Waals surface area contributed by atoms with E-state index in [1.807, 2.05) is 0 Å². The summed E-state index contributed by atoms with van der Waals surface area (Å²) in [7, 11) is -2.48. The Kier molecular flexibility index (Phi) is 7.27. The molecule has 0 radical (unpaired) electrons. The smallest absolute Gasteiger partial charge is 0.264 e. The van der Waals surface area contributed by atoms with Crippen LogP contribution in [0.2, 0.25) is 0 Å². The molecule has 0 aromatic heterocycles. The summed E-state index contributed by atoms with van der Waals surface area (Å²) in [6.45, 7) is 1.97. The molecule has 32 heavy (non-hydrogen) atoms. The number of sulfonamides is 1. The number of amides is 1. The minimum Gasteiger partial charge on any atom is -0.495 e. The Balaban J connectivity index is 1.89. The van der Waals surface area contributed by atoms with Gasteiger partial charge in [0.15, 0.2) is 0 Å². The van der Waals surface area contributed by atoms with E-state index in [-0.39, 0.29) is 22.7 Å². The second-order valence-electron chi connectivity index (χ2n) is 6.71. The van der Waals surface area contributed by atoms with Crippen LogP contribution in [-0.2, 0) is 14.8 Å². The molecule has 1 N–H and O–H groups in total. The van der Waals surface area contributed by atoms with E-state index < -0.39 is 21.7 Å². The lowest BCUT2D eigenvalue weighted by Crippen LogP contribution is -2.30. The zero-order valence-corrected chi connectivity index (χ0v) is 18.5. The van der Waals surface area contributed by atoms with Crippen molar-refractivity contribution in [2.24, 2.45) is 0 Å². The summed E-state index contributed by atoms with van der Waals surface area (Å²) in [6.07, 6.45) is 2.51. The first-order valence-electron chi connectivity index (χ1n) is 9.86. The number of carbonyl (C=O) groups excluding carboxylic acids is 1. The number of methoxy groups -OCH3 is 1. The third-order valence-corrected chi connectivity index (χ3v) is 6.57. The van der Waals surface area contributed by atoms with Crippen molar-refractivity contribution in [1.29, 1.82) is 0 Å². The van der Waals surface area contributed by atoms with E-state index in [2.05, 4.69) is 5.32 Å². The van der Waals surface area contributed by atoms with Crippen LogP contribution in [0.4, 0.5) is 15.8 Å². The summed E-state index contributed by atoms with van der Waals surface area (Å²) in [4.78, 5) is 12.4. The van der Waals surface area contributed by atoms with Gasteiger partial charge in [-0.05, 0) is 49.4 Å². The van der Waals surface area contributed by atoms with Gasteiger partial charge in [0, 0.05) is 18.2 Å². The minimum absolute atomic E-state index is 0.00242. The van der Waals surface area contributed by atoms with Crippen molar-refractivity contribution in [1.82, 2.24) is 0 Å². The normalized spacial score (nSPS) is 11.3. The van der Waals surface area contributed by atoms with Gasteiger partial charge in [-0.1, -0.05) is 36.4 Å². The van der Waals surface area contributed by atoms with Crippen molar-refractivity contribution in [2.75, 3.05) is 23.3 Å². The topological polar surface area (TPSA) is 75.7 Å². The maximum Gasteiger partial charge on any atom is 0.264 e. The largest absolute Gasteiger partial charge is 0.495 e. The molecule has 0 heterocycles. The highest BCUT2D eigenvalue weighted by atomic mass is 32.2. The summed E-state index contributed by atoms with van der Waals surface area (Å²) in [6, 6.07) is 19.0. The van der Waals surface area contributed by atoms with Gasteiger partial charge in [0.1, 0.15) is 11.6 Å². The number of carbonyl (C=O) groups is 1. The molecule has 3 aromatic carbocycles. The van der Waals surface area contributed by atoms with Gasteiger partial charge >= 0.3 is 0 Å². The number of hydrogen-bond acceptors (Lipinski definition) is 4. The third-order valence-electron chi connectivity index (χ3n) is 4.67. The van der Waals surface area contributed by atoms with Crippen molar-refractivity contribution in [3.63, 3.8) is 0 Å². The number of benzene rings is 3. The molecule has 166 valence electrons. The Morgan fingerprint density at radius 2 is 1.75 bits per heavy atom. The number of para-hydroxylation sites is 1. The summed E-state index contributed by atoms with van der Waals surface area (Å²) >= 11 is 0. The van der Waals surface area contributed by atoms with Crippen LogP contribution in [0.5, 0.6) is 5.75 Å². The van der Waals surface area contributed by atoms with E-state index >= 15 is 0 Å². The summed E-state index contributed by atoms with van der Waals surface area (Å²) in [5.74, 6) is -0.723. The lowest BCUT2D eigenvalue weighted by molar-refractivity contribution is -0.111. The Labute approximate surface area is 187 Å². The Morgan fingerprint density at radius 3 is 2.41 bits per heavy atom. The maximum absolute atomic E-state index is 13.7. The summed E-state index contributed by atoms with van der Waals surface area (Å²) in [5, 5.41) is 2.60. The van der Waals surface area contributed by atoms with Gasteiger partial charge in [0.05, 0.1) is 23.4 Å². The average molecular weight is 455 g/mol. The standard InChI is InChI=1S/C24H23FN2O4S/c1-3-27(19-10-5-4-6-11-19)32(29,30)20-14-15-23(31-2)22(17-20)26-24(28)16-13-18-9-7-8-12-21(18)25/h4-17H,3H2,1-2H3,(H,26,28)/b16-13+. The van der Waals surface area contributed by atoms with E-state index in [9.17, 15) is 17.6 Å². The molecule has 3 rings (SSSR count). The van der Waals surface area contributed by atoms with Gasteiger partial charge in [-0.15, -0.1) is 0 Å². The number of halogens is 1. The quantitative estimate of drug-likeness (QED) is 0.501. The van der Waals surface area contributed by atoms with Crippen LogP contribution < -0.4 is 14.4 Å². The average Bonchev–Trinajstić information content (AvgIpc) is 2.79. The molecule has 3 aromatic rings. The number of nitrogens with one attached hydrogen (secondary N) is 1. The van der Waals surface area contributed by atoms with E-state index in [0.717, 1.165) is 0 Å². The molecule has 0 fully saturated rings. The second-order valence-corrected chi connectivity index (χ2v) is 8.57. The monoisotopic (exact) mass is 454 g/mol. The highest BCUT2D eigenvalue weighted by Crippen LogP contribution is 2.30. The van der Waals surface area contributed by atoms with Crippen LogP contribution in [0.15, 0.2) is 83.8 Å². The fourth-order valence-corrected chi connectivity index (χ4v) is 4.61. The third kappa shape index (κ3) is 5.15. The molecule has 0 spiro atoms. The van der Waals surface area contributed by atoms with Crippen molar-refractivity contribution >= 4 is 33.4 Å². The molecule has 0 aliphatic carbocycles. The molecule has 0 unspecified atom stereocenters. The van der Waals surface area contributed by atoms with E-state index in [1.54, 1.807) is 49.4 Å². The highest BCUT2D eigenvalue weighted by molar-refractivity contribution is 7.92. The molecular formula is C24H23FN2O4S. The van der Waals surface area contributed by atoms with Gasteiger partial charge in [-0.3, -0.25) is 9.10 Å². The van der Waals surface area contributed by atoms with Crippen LogP contribution in [0.25, 0.3) is 6.08 Å². The zero-order chi connectivity index (χ0) is 23.1. The summed E-state index contributed by atoms with van der Waals surface area (Å²) in [5.41, 5.74) is 0.970. The van der Waals surface area contributed by atoms with Crippen molar-refractivity contribution in [2.45, 2.75) is 11.8 Å². The van der Waals surface area contributed by atoms with Crippen LogP contribution in [0.1, 0.15) is 12.5 Å². The van der Waals surface area contributed by atoms with E-state index in [0.29, 0.717) is 11.4 Å². The molecule has 0 atom stereocenters. The first kappa shape index (κ1) is 23.0. The Hall–Kier alpha value is -3.65. The molecule has 1 amide bonds. The molecule has 8 heteroatoms. The first-order valence-corrected chi connectivity index (χ1v) is 11.3. The molecule has 0 saturated carbocycles. The Bertz CT molecular complexity index is 1230. The van der Waals surface area contributed by atoms with Crippen molar-refractivity contribution in [3.8, 4) is 5.75 Å². The van der Waals surface area contributed by atoms with Gasteiger partial charge in [-0.25, -0.2) is 12.8 Å². The maximum atomic E-state index is 13.7. The van der Waals surface area contributed by atoms with Crippen LogP contribution in [0, 0.1) is 5.82 Å². The van der Waals surface area contributed by atoms with Crippen LogP contribution in [0.3, 0.4) is 0 Å². The zero-order valence-electron chi connectivity index (χ0n) is 17.7. The minimum atomic E-state index is -3.89. The van der Waals surface area contributed by atoms with Crippen molar-refractivity contribution in [3.05, 3.63) is 90.3 Å². The molecule has 0 aliphatic rings.